The van der Waals surface area contributed by atoms with Crippen LogP contribution in [0.1, 0.15) is 19.8 Å². The highest BCUT2D eigenvalue weighted by Gasteiger charge is 2.45. The maximum absolute atomic E-state index is 11.3. The van der Waals surface area contributed by atoms with E-state index >= 15 is 0 Å². The van der Waals surface area contributed by atoms with Crippen molar-refractivity contribution in [3.05, 3.63) is 10.1 Å². The maximum Gasteiger partial charge on any atom is 0.306 e. The lowest BCUT2D eigenvalue weighted by Crippen LogP contribution is -2.44. The van der Waals surface area contributed by atoms with Crippen molar-refractivity contribution in [2.45, 2.75) is 19.8 Å². The molecule has 2 atom stereocenters. The molecule has 0 bridgehead atoms. The molecule has 0 aromatic rings. The summed E-state index contributed by atoms with van der Waals surface area (Å²) in [5.41, 5.74) is -0.616. The van der Waals surface area contributed by atoms with Crippen LogP contribution in [0.2, 0.25) is 0 Å². The summed E-state index contributed by atoms with van der Waals surface area (Å²) in [5, 5.41) is 10.7. The van der Waals surface area contributed by atoms with E-state index < -0.39 is 11.4 Å². The van der Waals surface area contributed by atoms with Gasteiger partial charge in [-0.15, -0.1) is 0 Å². The molecule has 1 heterocycles. The Hall–Kier alpha value is -1.17. The fourth-order valence-corrected chi connectivity index (χ4v) is 2.13. The van der Waals surface area contributed by atoms with Gasteiger partial charge in [0.15, 0.2) is 0 Å². The van der Waals surface area contributed by atoms with E-state index in [0.717, 1.165) is 0 Å². The van der Waals surface area contributed by atoms with E-state index in [9.17, 15) is 14.9 Å². The minimum atomic E-state index is -0.616. The fraction of sp³-hybridized carbons (Fsp3) is 0.900. The third kappa shape index (κ3) is 2.91. The zero-order valence-corrected chi connectivity index (χ0v) is 9.60. The van der Waals surface area contributed by atoms with E-state index in [-0.39, 0.29) is 23.8 Å². The van der Waals surface area contributed by atoms with Crippen LogP contribution in [0.4, 0.5) is 0 Å². The molecule has 0 aromatic heterocycles. The number of esters is 1. The molecule has 6 nitrogen and oxygen atoms in total. The molecule has 6 heteroatoms. The summed E-state index contributed by atoms with van der Waals surface area (Å²) in [4.78, 5) is 21.7. The molecular formula is C10H17NO5. The van der Waals surface area contributed by atoms with Crippen LogP contribution in [0.5, 0.6) is 0 Å². The number of hydrogen-bond acceptors (Lipinski definition) is 5. The van der Waals surface area contributed by atoms with Crippen molar-refractivity contribution in [1.82, 2.24) is 0 Å². The van der Waals surface area contributed by atoms with E-state index in [1.165, 1.54) is 7.11 Å². The Morgan fingerprint density at radius 2 is 2.38 bits per heavy atom. The maximum atomic E-state index is 11.3. The first kappa shape index (κ1) is 12.9. The molecule has 1 aliphatic heterocycles. The monoisotopic (exact) mass is 231 g/mol. The summed E-state index contributed by atoms with van der Waals surface area (Å²) in [7, 11) is 1.30. The minimum Gasteiger partial charge on any atom is -0.469 e. The summed E-state index contributed by atoms with van der Waals surface area (Å²) < 4.78 is 9.86. The Morgan fingerprint density at radius 3 is 2.88 bits per heavy atom. The van der Waals surface area contributed by atoms with Crippen LogP contribution < -0.4 is 0 Å². The van der Waals surface area contributed by atoms with Gasteiger partial charge in [-0.3, -0.25) is 14.9 Å². The highest BCUT2D eigenvalue weighted by atomic mass is 16.6. The largest absolute Gasteiger partial charge is 0.469 e. The zero-order valence-electron chi connectivity index (χ0n) is 9.60. The molecule has 1 rings (SSSR count). The highest BCUT2D eigenvalue weighted by molar-refractivity contribution is 5.70. The lowest BCUT2D eigenvalue weighted by Gasteiger charge is -2.38. The summed E-state index contributed by atoms with van der Waals surface area (Å²) in [6, 6.07) is 0. The quantitative estimate of drug-likeness (QED) is 0.407. The van der Waals surface area contributed by atoms with Gasteiger partial charge in [-0.2, -0.15) is 0 Å². The van der Waals surface area contributed by atoms with Crippen molar-refractivity contribution >= 4 is 5.97 Å². The van der Waals surface area contributed by atoms with E-state index in [1.54, 1.807) is 0 Å². The molecule has 0 radical (unpaired) electrons. The number of hydrogen-bond donors (Lipinski definition) is 0. The standard InChI is InChI=1S/C10H17NO5/c1-8-6-16-4-3-10(8,7-11(13)14)5-9(12)15-2/h8H,3-7H2,1-2H3. The van der Waals surface area contributed by atoms with E-state index in [4.69, 9.17) is 4.74 Å². The van der Waals surface area contributed by atoms with Gasteiger partial charge < -0.3 is 9.47 Å². The van der Waals surface area contributed by atoms with Crippen molar-refractivity contribution < 1.29 is 19.2 Å². The number of carbonyl (C=O) groups is 1. The van der Waals surface area contributed by atoms with Crippen LogP contribution in [-0.4, -0.2) is 37.8 Å². The van der Waals surface area contributed by atoms with Crippen molar-refractivity contribution in [1.29, 1.82) is 0 Å². The molecular weight excluding hydrogens is 214 g/mol. The van der Waals surface area contributed by atoms with Gasteiger partial charge in [-0.05, 0) is 12.3 Å². The van der Waals surface area contributed by atoms with Crippen molar-refractivity contribution in [3.63, 3.8) is 0 Å². The van der Waals surface area contributed by atoms with Gasteiger partial charge in [-0.1, -0.05) is 6.92 Å². The van der Waals surface area contributed by atoms with Crippen LogP contribution in [0.25, 0.3) is 0 Å². The third-order valence-corrected chi connectivity index (χ3v) is 3.33. The van der Waals surface area contributed by atoms with Crippen LogP contribution in [0, 0.1) is 21.4 Å². The second kappa shape index (κ2) is 5.25. The molecule has 2 unspecified atom stereocenters. The molecule has 1 aliphatic rings. The van der Waals surface area contributed by atoms with E-state index in [1.807, 2.05) is 6.92 Å². The number of nitrogens with zero attached hydrogens (tertiary/aromatic N) is 1. The molecule has 0 amide bonds. The molecule has 0 spiro atoms. The lowest BCUT2D eigenvalue weighted by atomic mass is 9.70. The van der Waals surface area contributed by atoms with Crippen molar-refractivity contribution in [3.8, 4) is 0 Å². The Balaban J connectivity index is 2.81. The van der Waals surface area contributed by atoms with Gasteiger partial charge >= 0.3 is 5.97 Å². The van der Waals surface area contributed by atoms with Gasteiger partial charge in [0.25, 0.3) is 0 Å². The minimum absolute atomic E-state index is 0.00856. The average molecular weight is 231 g/mol. The van der Waals surface area contributed by atoms with Gasteiger partial charge in [0.1, 0.15) is 0 Å². The van der Waals surface area contributed by atoms with Crippen LogP contribution in [-0.2, 0) is 14.3 Å². The van der Waals surface area contributed by atoms with Crippen LogP contribution in [0.15, 0.2) is 0 Å². The summed E-state index contributed by atoms with van der Waals surface area (Å²) >= 11 is 0. The highest BCUT2D eigenvalue weighted by Crippen LogP contribution is 2.39. The first-order valence-electron chi connectivity index (χ1n) is 5.26. The predicted molar refractivity (Wildman–Crippen MR) is 55.5 cm³/mol. The summed E-state index contributed by atoms with van der Waals surface area (Å²) in [6.45, 7) is 2.61. The lowest BCUT2D eigenvalue weighted by molar-refractivity contribution is -0.502. The molecule has 1 saturated heterocycles. The molecule has 0 aromatic carbocycles. The average Bonchev–Trinajstić information content (AvgIpc) is 2.21. The number of methoxy groups -OCH3 is 1. The third-order valence-electron chi connectivity index (χ3n) is 3.33. The first-order chi connectivity index (χ1) is 7.50. The molecule has 92 valence electrons. The SMILES string of the molecule is COC(=O)CC1(C[N+](=O)[O-])CCOCC1C. The number of carbonyl (C=O) groups excluding carboxylic acids is 1. The topological polar surface area (TPSA) is 78.7 Å². The fourth-order valence-electron chi connectivity index (χ4n) is 2.13. The number of nitro groups is 1. The predicted octanol–water partition coefficient (Wildman–Crippen LogP) is 0.869. The normalized spacial score (nSPS) is 29.8. The Labute approximate surface area is 94.1 Å². The smallest absolute Gasteiger partial charge is 0.306 e. The molecule has 0 N–H and O–H groups in total. The van der Waals surface area contributed by atoms with Gasteiger partial charge in [-0.25, -0.2) is 0 Å². The van der Waals surface area contributed by atoms with Crippen molar-refractivity contribution in [2.75, 3.05) is 26.9 Å². The summed E-state index contributed by atoms with van der Waals surface area (Å²) in [5.74, 6) is -0.402. The van der Waals surface area contributed by atoms with Gasteiger partial charge in [0.05, 0.1) is 18.9 Å². The second-order valence-corrected chi connectivity index (χ2v) is 4.33. The molecule has 0 aliphatic carbocycles. The van der Waals surface area contributed by atoms with Gasteiger partial charge in [0, 0.05) is 18.1 Å². The summed E-state index contributed by atoms with van der Waals surface area (Å²) in [6.07, 6.45) is 0.624. The van der Waals surface area contributed by atoms with E-state index in [0.29, 0.717) is 19.6 Å². The number of ether oxygens (including phenoxy) is 2. The molecule has 16 heavy (non-hydrogen) atoms. The first-order valence-corrected chi connectivity index (χ1v) is 5.26. The molecule has 0 saturated carbocycles. The molecule has 1 fully saturated rings. The Morgan fingerprint density at radius 1 is 1.69 bits per heavy atom. The number of rotatable bonds is 4. The van der Waals surface area contributed by atoms with Gasteiger partial charge in [0.2, 0.25) is 6.54 Å². The van der Waals surface area contributed by atoms with Crippen molar-refractivity contribution in [2.24, 2.45) is 11.3 Å². The van der Waals surface area contributed by atoms with Crippen LogP contribution >= 0.6 is 0 Å². The Kier molecular flexibility index (Phi) is 4.23. The zero-order chi connectivity index (χ0) is 12.2. The van der Waals surface area contributed by atoms with E-state index in [2.05, 4.69) is 4.74 Å². The Bertz CT molecular complexity index is 280. The second-order valence-electron chi connectivity index (χ2n) is 4.33. The van der Waals surface area contributed by atoms with Crippen LogP contribution in [0.3, 0.4) is 0 Å².